The lowest BCUT2D eigenvalue weighted by Crippen LogP contribution is -2.61. The lowest BCUT2D eigenvalue weighted by atomic mass is 9.85. The highest BCUT2D eigenvalue weighted by Gasteiger charge is 2.45. The van der Waals surface area contributed by atoms with Gasteiger partial charge >= 0.3 is 0 Å². The molecule has 3 heterocycles. The van der Waals surface area contributed by atoms with Gasteiger partial charge in [0, 0.05) is 32.4 Å². The molecule has 1 spiro atoms. The van der Waals surface area contributed by atoms with Crippen LogP contribution in [0.3, 0.4) is 0 Å². The zero-order chi connectivity index (χ0) is 15.6. The Bertz CT molecular complexity index is 601. The molecule has 6 heteroatoms. The van der Waals surface area contributed by atoms with Crippen LogP contribution in [-0.2, 0) is 4.79 Å². The first-order chi connectivity index (χ1) is 10.7. The fourth-order valence-electron chi connectivity index (χ4n) is 3.50. The van der Waals surface area contributed by atoms with Gasteiger partial charge in [0.25, 0.3) is 0 Å². The Kier molecular flexibility index (Phi) is 3.99. The third kappa shape index (κ3) is 2.42. The van der Waals surface area contributed by atoms with E-state index in [2.05, 4.69) is 26.2 Å². The molecule has 3 rings (SSSR count). The minimum atomic E-state index is -0.408. The first-order valence-corrected chi connectivity index (χ1v) is 7.77. The molecule has 2 aliphatic heterocycles. The molecule has 1 N–H and O–H groups in total. The molecule has 2 aliphatic rings. The number of nitrogens with zero attached hydrogens (tertiary/aromatic N) is 4. The lowest BCUT2D eigenvalue weighted by molar-refractivity contribution is -0.133. The summed E-state index contributed by atoms with van der Waals surface area (Å²) in [4.78, 5) is 21.2. The summed E-state index contributed by atoms with van der Waals surface area (Å²) >= 11 is 0. The Morgan fingerprint density at radius 1 is 1.36 bits per heavy atom. The number of rotatable bonds is 1. The van der Waals surface area contributed by atoms with Crippen molar-refractivity contribution in [3.05, 3.63) is 23.9 Å². The molecule has 0 bridgehead atoms. The summed E-state index contributed by atoms with van der Waals surface area (Å²) in [5.41, 5.74) is 0.186. The number of amides is 1. The molecule has 1 aromatic heterocycles. The molecule has 0 aromatic carbocycles. The Morgan fingerprint density at radius 2 is 2.14 bits per heavy atom. The molecule has 2 fully saturated rings. The van der Waals surface area contributed by atoms with Gasteiger partial charge in [-0.2, -0.15) is 5.26 Å². The smallest absolute Gasteiger partial charge is 0.240 e. The number of pyridine rings is 1. The average Bonchev–Trinajstić information content (AvgIpc) is 2.70. The van der Waals surface area contributed by atoms with Crippen LogP contribution in [0, 0.1) is 11.3 Å². The predicted octanol–water partition coefficient (Wildman–Crippen LogP) is 0.744. The van der Waals surface area contributed by atoms with E-state index in [1.807, 2.05) is 7.05 Å². The Hall–Kier alpha value is -2.13. The molecule has 1 aromatic rings. The van der Waals surface area contributed by atoms with Gasteiger partial charge in [-0.05, 0) is 38.4 Å². The molecule has 22 heavy (non-hydrogen) atoms. The van der Waals surface area contributed by atoms with E-state index in [1.165, 1.54) is 0 Å². The maximum Gasteiger partial charge on any atom is 0.240 e. The fraction of sp³-hybridized carbons (Fsp3) is 0.562. The van der Waals surface area contributed by atoms with Crippen LogP contribution >= 0.6 is 0 Å². The molecule has 0 saturated carbocycles. The van der Waals surface area contributed by atoms with Gasteiger partial charge in [-0.1, -0.05) is 0 Å². The number of carbonyl (C=O) groups excluding carboxylic acids is 1. The van der Waals surface area contributed by atoms with Crippen LogP contribution in [0.25, 0.3) is 0 Å². The van der Waals surface area contributed by atoms with Crippen molar-refractivity contribution in [3.8, 4) is 6.07 Å². The summed E-state index contributed by atoms with van der Waals surface area (Å²) in [6, 6.07) is 5.76. The van der Waals surface area contributed by atoms with Crippen LogP contribution < -0.4 is 10.2 Å². The molecule has 2 saturated heterocycles. The van der Waals surface area contributed by atoms with Crippen molar-refractivity contribution in [2.75, 3.05) is 38.1 Å². The number of carbonyl (C=O) groups is 1. The van der Waals surface area contributed by atoms with E-state index >= 15 is 0 Å². The highest BCUT2D eigenvalue weighted by molar-refractivity contribution is 5.87. The molecule has 0 radical (unpaired) electrons. The van der Waals surface area contributed by atoms with Gasteiger partial charge in [0.1, 0.15) is 17.4 Å². The first kappa shape index (κ1) is 14.8. The maximum absolute atomic E-state index is 12.5. The summed E-state index contributed by atoms with van der Waals surface area (Å²) < 4.78 is 0. The maximum atomic E-state index is 12.5. The van der Waals surface area contributed by atoms with Gasteiger partial charge < -0.3 is 10.2 Å². The van der Waals surface area contributed by atoms with Gasteiger partial charge in [0.15, 0.2) is 0 Å². The second-order valence-corrected chi connectivity index (χ2v) is 6.04. The van der Waals surface area contributed by atoms with Gasteiger partial charge in [-0.15, -0.1) is 0 Å². The van der Waals surface area contributed by atoms with Crippen molar-refractivity contribution in [3.63, 3.8) is 0 Å². The highest BCUT2D eigenvalue weighted by atomic mass is 16.2. The van der Waals surface area contributed by atoms with E-state index in [0.717, 1.165) is 51.3 Å². The fourth-order valence-corrected chi connectivity index (χ4v) is 3.50. The van der Waals surface area contributed by atoms with Crippen molar-refractivity contribution in [1.29, 1.82) is 5.26 Å². The summed E-state index contributed by atoms with van der Waals surface area (Å²) in [6.07, 6.45) is 4.23. The number of nitrogens with one attached hydrogen (secondary N) is 1. The number of hydrogen-bond donors (Lipinski definition) is 1. The SMILES string of the molecule is CN1CCCNC(=O)C12CCN(c1ncccc1C#N)CC2. The van der Waals surface area contributed by atoms with Crippen LogP contribution in [0.1, 0.15) is 24.8 Å². The highest BCUT2D eigenvalue weighted by Crippen LogP contribution is 2.32. The largest absolute Gasteiger partial charge is 0.355 e. The van der Waals surface area contributed by atoms with Gasteiger partial charge in [-0.3, -0.25) is 9.69 Å². The Labute approximate surface area is 130 Å². The lowest BCUT2D eigenvalue weighted by Gasteiger charge is -2.45. The van der Waals surface area contributed by atoms with E-state index in [9.17, 15) is 10.1 Å². The molecule has 0 aliphatic carbocycles. The Balaban J connectivity index is 1.80. The molecule has 6 nitrogen and oxygen atoms in total. The Morgan fingerprint density at radius 3 is 2.86 bits per heavy atom. The number of piperidine rings is 1. The zero-order valence-corrected chi connectivity index (χ0v) is 12.9. The standard InChI is InChI=1S/C16H21N5O/c1-20-9-3-8-19-15(22)16(20)5-10-21(11-6-16)14-13(12-17)4-2-7-18-14/h2,4,7H,3,5-6,8-11H2,1H3,(H,19,22). The van der Waals surface area contributed by atoms with Crippen molar-refractivity contribution in [2.24, 2.45) is 0 Å². The van der Waals surface area contributed by atoms with E-state index in [4.69, 9.17) is 0 Å². The zero-order valence-electron chi connectivity index (χ0n) is 12.9. The van der Waals surface area contributed by atoms with E-state index in [1.54, 1.807) is 18.3 Å². The third-order valence-electron chi connectivity index (χ3n) is 4.91. The van der Waals surface area contributed by atoms with Crippen LogP contribution in [0.15, 0.2) is 18.3 Å². The summed E-state index contributed by atoms with van der Waals surface area (Å²) in [5.74, 6) is 0.880. The second kappa shape index (κ2) is 5.93. The number of nitriles is 1. The summed E-state index contributed by atoms with van der Waals surface area (Å²) in [6.45, 7) is 3.17. The van der Waals surface area contributed by atoms with Crippen LogP contribution in [-0.4, -0.2) is 54.6 Å². The summed E-state index contributed by atoms with van der Waals surface area (Å²) in [5, 5.41) is 12.3. The van der Waals surface area contributed by atoms with E-state index in [0.29, 0.717) is 5.56 Å². The number of aromatic nitrogens is 1. The van der Waals surface area contributed by atoms with Gasteiger partial charge in [-0.25, -0.2) is 4.98 Å². The van der Waals surface area contributed by atoms with Crippen LogP contribution in [0.4, 0.5) is 5.82 Å². The molecule has 0 atom stereocenters. The molecule has 0 unspecified atom stereocenters. The normalized spacial score (nSPS) is 22.0. The molecule has 1 amide bonds. The van der Waals surface area contributed by atoms with Crippen molar-refractivity contribution in [1.82, 2.24) is 15.2 Å². The molecule has 116 valence electrons. The van der Waals surface area contributed by atoms with Crippen LogP contribution in [0.2, 0.25) is 0 Å². The van der Waals surface area contributed by atoms with Crippen molar-refractivity contribution in [2.45, 2.75) is 24.8 Å². The quantitative estimate of drug-likeness (QED) is 0.828. The molecular weight excluding hydrogens is 278 g/mol. The predicted molar refractivity (Wildman–Crippen MR) is 83.4 cm³/mol. The monoisotopic (exact) mass is 299 g/mol. The number of hydrogen-bond acceptors (Lipinski definition) is 5. The minimum Gasteiger partial charge on any atom is -0.355 e. The first-order valence-electron chi connectivity index (χ1n) is 7.77. The van der Waals surface area contributed by atoms with E-state index in [-0.39, 0.29) is 5.91 Å². The average molecular weight is 299 g/mol. The second-order valence-electron chi connectivity index (χ2n) is 6.04. The number of anilines is 1. The number of likely N-dealkylation sites (N-methyl/N-ethyl adjacent to an activating group) is 1. The van der Waals surface area contributed by atoms with Crippen LogP contribution in [0.5, 0.6) is 0 Å². The van der Waals surface area contributed by atoms with E-state index < -0.39 is 5.54 Å². The third-order valence-corrected chi connectivity index (χ3v) is 4.91. The summed E-state index contributed by atoms with van der Waals surface area (Å²) in [7, 11) is 2.04. The minimum absolute atomic E-state index is 0.147. The molecular formula is C16H21N5O. The van der Waals surface area contributed by atoms with Crippen molar-refractivity contribution >= 4 is 11.7 Å². The van der Waals surface area contributed by atoms with Gasteiger partial charge in [0.05, 0.1) is 5.56 Å². The van der Waals surface area contributed by atoms with Crippen molar-refractivity contribution < 1.29 is 4.79 Å². The topological polar surface area (TPSA) is 72.3 Å². The van der Waals surface area contributed by atoms with Gasteiger partial charge in [0.2, 0.25) is 5.91 Å².